The van der Waals surface area contributed by atoms with Crippen molar-refractivity contribution in [3.05, 3.63) is 83.9 Å². The van der Waals surface area contributed by atoms with Crippen LogP contribution in [-0.4, -0.2) is 30.9 Å². The predicted octanol–water partition coefficient (Wildman–Crippen LogP) is 4.71. The van der Waals surface area contributed by atoms with Gasteiger partial charge in [0.05, 0.1) is 30.5 Å². The monoisotopic (exact) mass is 483 g/mol. The van der Waals surface area contributed by atoms with E-state index in [1.165, 1.54) is 36.3 Å². The predicted molar refractivity (Wildman–Crippen MR) is 123 cm³/mol. The van der Waals surface area contributed by atoms with Gasteiger partial charge in [-0.3, -0.25) is 19.3 Å². The molecule has 1 heterocycles. The maximum Gasteiger partial charge on any atom is 0.416 e. The number of carbonyl (C=O) groups is 3. The molecule has 4 rings (SSSR count). The number of nitrogens with one attached hydrogen (secondary N) is 2. The third-order valence-corrected chi connectivity index (χ3v) is 5.44. The molecule has 0 aromatic heterocycles. The molecule has 1 aliphatic heterocycles. The van der Waals surface area contributed by atoms with Gasteiger partial charge in [0, 0.05) is 11.3 Å². The minimum Gasteiger partial charge on any atom is -0.497 e. The van der Waals surface area contributed by atoms with Gasteiger partial charge < -0.3 is 15.4 Å². The summed E-state index contributed by atoms with van der Waals surface area (Å²) in [5, 5.41) is 5.07. The number of amides is 3. The summed E-state index contributed by atoms with van der Waals surface area (Å²) in [4.78, 5) is 40.4. The normalized spacial score (nSPS) is 15.1. The highest BCUT2D eigenvalue weighted by Gasteiger charge is 2.38. The molecule has 0 saturated carbocycles. The summed E-state index contributed by atoms with van der Waals surface area (Å²) in [5.74, 6) is -1.30. The number of hydrogen-bond donors (Lipinski definition) is 2. The SMILES string of the molecule is COc1ccc(C(=O)N2c3ccccc3NC(=O)[C@@H]2CC(=O)Nc2cccc(C(F)(F)F)c2)cc1. The molecule has 35 heavy (non-hydrogen) atoms. The number of alkyl halides is 3. The summed E-state index contributed by atoms with van der Waals surface area (Å²) in [6.07, 6.45) is -5.05. The van der Waals surface area contributed by atoms with Crippen molar-refractivity contribution < 1.29 is 32.3 Å². The van der Waals surface area contributed by atoms with Gasteiger partial charge in [0.25, 0.3) is 5.91 Å². The molecule has 3 amide bonds. The quantitative estimate of drug-likeness (QED) is 0.550. The van der Waals surface area contributed by atoms with Gasteiger partial charge >= 0.3 is 6.18 Å². The van der Waals surface area contributed by atoms with E-state index in [0.717, 1.165) is 12.1 Å². The van der Waals surface area contributed by atoms with E-state index in [0.29, 0.717) is 17.1 Å². The molecule has 1 aliphatic rings. The molecule has 180 valence electrons. The average molecular weight is 483 g/mol. The van der Waals surface area contributed by atoms with Crippen LogP contribution >= 0.6 is 0 Å². The number of methoxy groups -OCH3 is 1. The Hall–Kier alpha value is -4.34. The van der Waals surface area contributed by atoms with Crippen molar-refractivity contribution in [1.82, 2.24) is 0 Å². The molecular weight excluding hydrogens is 463 g/mol. The molecule has 0 saturated heterocycles. The summed E-state index contributed by atoms with van der Waals surface area (Å²) in [7, 11) is 1.49. The van der Waals surface area contributed by atoms with E-state index >= 15 is 0 Å². The average Bonchev–Trinajstić information content (AvgIpc) is 2.84. The maximum atomic E-state index is 13.5. The second kappa shape index (κ2) is 9.49. The number of fused-ring (bicyclic) bond motifs is 1. The Morgan fingerprint density at radius 2 is 1.74 bits per heavy atom. The molecule has 0 aliphatic carbocycles. The van der Waals surface area contributed by atoms with Gasteiger partial charge in [0.15, 0.2) is 0 Å². The number of carbonyl (C=O) groups excluding carboxylic acids is 3. The number of rotatable bonds is 5. The lowest BCUT2D eigenvalue weighted by atomic mass is 10.0. The van der Waals surface area contributed by atoms with E-state index in [-0.39, 0.29) is 11.3 Å². The van der Waals surface area contributed by atoms with Gasteiger partial charge in [-0.1, -0.05) is 18.2 Å². The van der Waals surface area contributed by atoms with Crippen molar-refractivity contribution in [2.45, 2.75) is 18.6 Å². The van der Waals surface area contributed by atoms with Crippen molar-refractivity contribution in [3.8, 4) is 5.75 Å². The Labute approximate surface area is 198 Å². The minimum atomic E-state index is -4.57. The second-order valence-electron chi connectivity index (χ2n) is 7.76. The van der Waals surface area contributed by atoms with Crippen LogP contribution in [0.25, 0.3) is 0 Å². The van der Waals surface area contributed by atoms with Crippen LogP contribution in [0.3, 0.4) is 0 Å². The smallest absolute Gasteiger partial charge is 0.416 e. The van der Waals surface area contributed by atoms with Crippen molar-refractivity contribution >= 4 is 34.8 Å². The van der Waals surface area contributed by atoms with Gasteiger partial charge in [0.1, 0.15) is 11.8 Å². The zero-order valence-corrected chi connectivity index (χ0v) is 18.4. The van der Waals surface area contributed by atoms with Crippen LogP contribution in [0.4, 0.5) is 30.2 Å². The molecule has 3 aromatic rings. The van der Waals surface area contributed by atoms with Crippen LogP contribution in [0.15, 0.2) is 72.8 Å². The maximum absolute atomic E-state index is 13.5. The standard InChI is InChI=1S/C25H20F3N3O4/c1-35-18-11-9-15(10-12-18)24(34)31-20-8-3-2-7-19(20)30-23(33)21(31)14-22(32)29-17-6-4-5-16(13-17)25(26,27)28/h2-13,21H,14H2,1H3,(H,29,32)(H,30,33)/t21-/m0/s1. The van der Waals surface area contributed by atoms with Crippen LogP contribution in [-0.2, 0) is 15.8 Å². The lowest BCUT2D eigenvalue weighted by Gasteiger charge is -2.36. The van der Waals surface area contributed by atoms with Crippen LogP contribution in [0.5, 0.6) is 5.75 Å². The van der Waals surface area contributed by atoms with Crippen LogP contribution in [0.1, 0.15) is 22.3 Å². The molecule has 3 aromatic carbocycles. The number of benzene rings is 3. The topological polar surface area (TPSA) is 87.7 Å². The zero-order chi connectivity index (χ0) is 25.2. The summed E-state index contributed by atoms with van der Waals surface area (Å²) < 4.78 is 44.1. The molecule has 0 unspecified atom stereocenters. The van der Waals surface area contributed by atoms with Crippen LogP contribution in [0.2, 0.25) is 0 Å². The molecule has 2 N–H and O–H groups in total. The molecule has 1 atom stereocenters. The Morgan fingerprint density at radius 3 is 2.43 bits per heavy atom. The van der Waals surface area contributed by atoms with Gasteiger partial charge in [-0.25, -0.2) is 0 Å². The van der Waals surface area contributed by atoms with Gasteiger partial charge in [-0.2, -0.15) is 13.2 Å². The Kier molecular flexibility index (Phi) is 6.46. The lowest BCUT2D eigenvalue weighted by Crippen LogP contribution is -2.52. The molecular formula is C25H20F3N3O4. The number of nitrogens with zero attached hydrogens (tertiary/aromatic N) is 1. The molecule has 0 spiro atoms. The van der Waals surface area contributed by atoms with E-state index in [9.17, 15) is 27.6 Å². The van der Waals surface area contributed by atoms with Gasteiger partial charge in [-0.15, -0.1) is 0 Å². The number of ether oxygens (including phenoxy) is 1. The minimum absolute atomic E-state index is 0.0746. The molecule has 0 bridgehead atoms. The Balaban J connectivity index is 1.62. The van der Waals surface area contributed by atoms with E-state index in [2.05, 4.69) is 10.6 Å². The first-order valence-corrected chi connectivity index (χ1v) is 10.5. The van der Waals surface area contributed by atoms with E-state index < -0.39 is 41.9 Å². The molecule has 0 radical (unpaired) electrons. The Bertz CT molecular complexity index is 1280. The summed E-state index contributed by atoms with van der Waals surface area (Å²) in [6.45, 7) is 0. The highest BCUT2D eigenvalue weighted by atomic mass is 19.4. The van der Waals surface area contributed by atoms with Crippen molar-refractivity contribution in [2.75, 3.05) is 22.6 Å². The van der Waals surface area contributed by atoms with E-state index in [1.807, 2.05) is 0 Å². The number of hydrogen-bond acceptors (Lipinski definition) is 4. The van der Waals surface area contributed by atoms with Crippen molar-refractivity contribution in [1.29, 1.82) is 0 Å². The molecule has 0 fully saturated rings. The highest BCUT2D eigenvalue weighted by Crippen LogP contribution is 2.35. The fourth-order valence-corrected chi connectivity index (χ4v) is 3.76. The number of para-hydroxylation sites is 2. The van der Waals surface area contributed by atoms with Gasteiger partial charge in [-0.05, 0) is 54.6 Å². The first-order chi connectivity index (χ1) is 16.7. The van der Waals surface area contributed by atoms with Crippen molar-refractivity contribution in [2.24, 2.45) is 0 Å². The Morgan fingerprint density at radius 1 is 1.03 bits per heavy atom. The first kappa shape index (κ1) is 23.8. The second-order valence-corrected chi connectivity index (χ2v) is 7.76. The fourth-order valence-electron chi connectivity index (χ4n) is 3.76. The highest BCUT2D eigenvalue weighted by molar-refractivity contribution is 6.17. The number of anilines is 3. The fraction of sp³-hybridized carbons (Fsp3) is 0.160. The third-order valence-electron chi connectivity index (χ3n) is 5.44. The zero-order valence-electron chi connectivity index (χ0n) is 18.4. The first-order valence-electron chi connectivity index (χ1n) is 10.5. The summed E-state index contributed by atoms with van der Waals surface area (Å²) in [5.41, 5.74) is 0.0581. The third kappa shape index (κ3) is 5.11. The molecule has 10 heteroatoms. The van der Waals surface area contributed by atoms with Crippen LogP contribution < -0.4 is 20.3 Å². The summed E-state index contributed by atoms with van der Waals surface area (Å²) in [6, 6.07) is 15.8. The van der Waals surface area contributed by atoms with Crippen LogP contribution in [0, 0.1) is 0 Å². The summed E-state index contributed by atoms with van der Waals surface area (Å²) >= 11 is 0. The van der Waals surface area contributed by atoms with Gasteiger partial charge in [0.2, 0.25) is 11.8 Å². The number of halogens is 3. The van der Waals surface area contributed by atoms with E-state index in [4.69, 9.17) is 4.74 Å². The lowest BCUT2D eigenvalue weighted by molar-refractivity contribution is -0.137. The largest absolute Gasteiger partial charge is 0.497 e. The van der Waals surface area contributed by atoms with Crippen molar-refractivity contribution in [3.63, 3.8) is 0 Å². The molecule has 7 nitrogen and oxygen atoms in total. The van der Waals surface area contributed by atoms with E-state index in [1.54, 1.807) is 36.4 Å².